The third-order valence-electron chi connectivity index (χ3n) is 5.70. The summed E-state index contributed by atoms with van der Waals surface area (Å²) in [5.41, 5.74) is 3.70. The minimum atomic E-state index is -0.594. The van der Waals surface area contributed by atoms with Crippen LogP contribution in [0.3, 0.4) is 0 Å². The molecule has 31 heavy (non-hydrogen) atoms. The predicted octanol–water partition coefficient (Wildman–Crippen LogP) is 5.45. The van der Waals surface area contributed by atoms with Crippen LogP contribution in [-0.4, -0.2) is 27.1 Å². The van der Waals surface area contributed by atoms with Gasteiger partial charge in [-0.05, 0) is 29.3 Å². The summed E-state index contributed by atoms with van der Waals surface area (Å²) in [6, 6.07) is 18.6. The molecule has 0 unspecified atom stereocenters. The van der Waals surface area contributed by atoms with Crippen molar-refractivity contribution in [1.29, 1.82) is 0 Å². The topological polar surface area (TPSA) is 104 Å². The van der Waals surface area contributed by atoms with Gasteiger partial charge in [-0.1, -0.05) is 36.4 Å². The van der Waals surface area contributed by atoms with E-state index in [-0.39, 0.29) is 11.4 Å². The number of nitrogens with one attached hydrogen (secondary N) is 2. The summed E-state index contributed by atoms with van der Waals surface area (Å²) in [6.07, 6.45) is 3.78. The zero-order chi connectivity index (χ0) is 21.5. The van der Waals surface area contributed by atoms with Gasteiger partial charge < -0.3 is 19.8 Å². The molecule has 0 radical (unpaired) electrons. The highest BCUT2D eigenvalue weighted by Gasteiger charge is 2.30. The number of ether oxygens (including phenoxy) is 1. The number of aromatic amines is 2. The number of hydrogen-bond acceptors (Lipinski definition) is 4. The Morgan fingerprint density at radius 1 is 0.903 bits per heavy atom. The molecule has 7 nitrogen and oxygen atoms in total. The molecule has 0 amide bonds. The molecule has 0 saturated carbocycles. The second-order valence-electron chi connectivity index (χ2n) is 7.35. The summed E-state index contributed by atoms with van der Waals surface area (Å²) in [6.45, 7) is 0. The standard InChI is InChI=1S/C24H19N3O4/c1-31-14-10-17(24(28)22(11-14)27(29)30)23(18-12-25-20-8-4-2-6-15(18)20)19-13-26-21-9-5-3-7-16(19)21/h2-13,23,25-26,28H,1H3. The van der Waals surface area contributed by atoms with E-state index < -0.39 is 10.8 Å². The fourth-order valence-electron chi connectivity index (χ4n) is 4.26. The molecule has 7 heteroatoms. The van der Waals surface area contributed by atoms with Gasteiger partial charge in [0.15, 0.2) is 5.75 Å². The Balaban J connectivity index is 1.86. The summed E-state index contributed by atoms with van der Waals surface area (Å²) >= 11 is 0. The molecular weight excluding hydrogens is 394 g/mol. The molecule has 0 bridgehead atoms. The van der Waals surface area contributed by atoms with Gasteiger partial charge in [-0.3, -0.25) is 10.1 Å². The Bertz CT molecular complexity index is 1360. The molecule has 5 aromatic rings. The number of hydrogen-bond donors (Lipinski definition) is 3. The summed E-state index contributed by atoms with van der Waals surface area (Å²) in [5, 5.41) is 24.6. The van der Waals surface area contributed by atoms with Gasteiger partial charge in [-0.25, -0.2) is 0 Å². The number of phenolic OH excluding ortho intramolecular Hbond substituents is 1. The molecule has 2 heterocycles. The number of para-hydroxylation sites is 2. The van der Waals surface area contributed by atoms with Gasteiger partial charge in [0.2, 0.25) is 0 Å². The van der Waals surface area contributed by atoms with E-state index in [1.165, 1.54) is 13.2 Å². The average Bonchev–Trinajstić information content (AvgIpc) is 3.40. The highest BCUT2D eigenvalue weighted by molar-refractivity contribution is 5.89. The minimum absolute atomic E-state index is 0.309. The van der Waals surface area contributed by atoms with Crippen LogP contribution in [0.15, 0.2) is 73.1 Å². The first-order chi connectivity index (χ1) is 15.1. The largest absolute Gasteiger partial charge is 0.502 e. The fraction of sp³-hybridized carbons (Fsp3) is 0.0833. The Kier molecular flexibility index (Phi) is 4.36. The zero-order valence-corrected chi connectivity index (χ0v) is 16.6. The molecule has 0 fully saturated rings. The molecule has 2 aromatic heterocycles. The summed E-state index contributed by atoms with van der Waals surface area (Å²) in [5.74, 6) is -0.531. The first kappa shape index (κ1) is 18.7. The van der Waals surface area contributed by atoms with Gasteiger partial charge in [0.05, 0.1) is 18.1 Å². The number of nitro groups is 1. The maximum Gasteiger partial charge on any atom is 0.314 e. The van der Waals surface area contributed by atoms with Crippen molar-refractivity contribution in [2.24, 2.45) is 0 Å². The Hall–Kier alpha value is -4.26. The lowest BCUT2D eigenvalue weighted by Crippen LogP contribution is -2.05. The van der Waals surface area contributed by atoms with E-state index in [0.717, 1.165) is 32.9 Å². The van der Waals surface area contributed by atoms with Crippen molar-refractivity contribution in [2.45, 2.75) is 5.92 Å². The van der Waals surface area contributed by atoms with E-state index in [1.807, 2.05) is 60.9 Å². The fourth-order valence-corrected chi connectivity index (χ4v) is 4.26. The Morgan fingerprint density at radius 2 is 1.45 bits per heavy atom. The highest BCUT2D eigenvalue weighted by Crippen LogP contribution is 2.46. The van der Waals surface area contributed by atoms with Crippen molar-refractivity contribution in [1.82, 2.24) is 9.97 Å². The van der Waals surface area contributed by atoms with Gasteiger partial charge in [0.1, 0.15) is 5.75 Å². The number of aromatic nitrogens is 2. The van der Waals surface area contributed by atoms with E-state index in [2.05, 4.69) is 9.97 Å². The Morgan fingerprint density at radius 3 is 1.97 bits per heavy atom. The molecule has 3 N–H and O–H groups in total. The maximum absolute atomic E-state index is 11.6. The van der Waals surface area contributed by atoms with Gasteiger partial charge >= 0.3 is 5.69 Å². The molecular formula is C24H19N3O4. The van der Waals surface area contributed by atoms with Crippen LogP contribution in [-0.2, 0) is 0 Å². The molecule has 0 aliphatic rings. The van der Waals surface area contributed by atoms with Crippen LogP contribution < -0.4 is 4.74 Å². The van der Waals surface area contributed by atoms with Crippen molar-refractivity contribution in [2.75, 3.05) is 7.11 Å². The van der Waals surface area contributed by atoms with Crippen LogP contribution >= 0.6 is 0 Å². The number of H-pyrrole nitrogens is 2. The van der Waals surface area contributed by atoms with E-state index >= 15 is 0 Å². The van der Waals surface area contributed by atoms with Crippen molar-refractivity contribution in [3.63, 3.8) is 0 Å². The first-order valence-electron chi connectivity index (χ1n) is 9.75. The second kappa shape index (κ2) is 7.21. The molecule has 0 aliphatic carbocycles. The van der Waals surface area contributed by atoms with Crippen LogP contribution in [0.5, 0.6) is 11.5 Å². The van der Waals surface area contributed by atoms with Gasteiger partial charge in [-0.15, -0.1) is 0 Å². The molecule has 5 rings (SSSR count). The van der Waals surface area contributed by atoms with Crippen LogP contribution in [0.25, 0.3) is 21.8 Å². The number of phenols is 1. The minimum Gasteiger partial charge on any atom is -0.502 e. The van der Waals surface area contributed by atoms with E-state index in [4.69, 9.17) is 4.74 Å². The molecule has 0 saturated heterocycles. The van der Waals surface area contributed by atoms with E-state index in [1.54, 1.807) is 6.07 Å². The number of aromatic hydroxyl groups is 1. The number of nitro benzene ring substituents is 1. The Labute approximate surface area is 177 Å². The molecule has 0 spiro atoms. The molecule has 0 aliphatic heterocycles. The van der Waals surface area contributed by atoms with Gasteiger partial charge in [0, 0.05) is 45.7 Å². The normalized spacial score (nSPS) is 11.4. The van der Waals surface area contributed by atoms with Gasteiger partial charge in [0.25, 0.3) is 0 Å². The summed E-state index contributed by atoms with van der Waals surface area (Å²) in [4.78, 5) is 17.6. The van der Waals surface area contributed by atoms with Crippen molar-refractivity contribution >= 4 is 27.5 Å². The average molecular weight is 413 g/mol. The van der Waals surface area contributed by atoms with Crippen LogP contribution in [0.2, 0.25) is 0 Å². The zero-order valence-electron chi connectivity index (χ0n) is 16.6. The number of nitrogens with zero attached hydrogens (tertiary/aromatic N) is 1. The SMILES string of the molecule is COc1cc(C(c2c[nH]c3ccccc23)c2c[nH]c3ccccc23)c(O)c([N+](=O)[O-])c1. The number of rotatable bonds is 5. The molecule has 154 valence electrons. The molecule has 0 atom stereocenters. The monoisotopic (exact) mass is 413 g/mol. The lowest BCUT2D eigenvalue weighted by molar-refractivity contribution is -0.386. The number of methoxy groups -OCH3 is 1. The predicted molar refractivity (Wildman–Crippen MR) is 119 cm³/mol. The van der Waals surface area contributed by atoms with Crippen LogP contribution in [0, 0.1) is 10.1 Å². The third-order valence-corrected chi connectivity index (χ3v) is 5.70. The summed E-state index contributed by atoms with van der Waals surface area (Å²) < 4.78 is 5.33. The number of benzene rings is 3. The van der Waals surface area contributed by atoms with E-state index in [0.29, 0.717) is 11.3 Å². The van der Waals surface area contributed by atoms with E-state index in [9.17, 15) is 15.2 Å². The second-order valence-corrected chi connectivity index (χ2v) is 7.35. The smallest absolute Gasteiger partial charge is 0.314 e. The van der Waals surface area contributed by atoms with Crippen molar-refractivity contribution < 1.29 is 14.8 Å². The highest BCUT2D eigenvalue weighted by atomic mass is 16.6. The third kappa shape index (κ3) is 2.98. The van der Waals surface area contributed by atoms with Crippen LogP contribution in [0.1, 0.15) is 22.6 Å². The van der Waals surface area contributed by atoms with Crippen LogP contribution in [0.4, 0.5) is 5.69 Å². The summed E-state index contributed by atoms with van der Waals surface area (Å²) in [7, 11) is 1.45. The first-order valence-corrected chi connectivity index (χ1v) is 9.75. The van der Waals surface area contributed by atoms with Crippen molar-refractivity contribution in [3.05, 3.63) is 99.9 Å². The number of fused-ring (bicyclic) bond motifs is 2. The lowest BCUT2D eigenvalue weighted by Gasteiger charge is -2.19. The lowest BCUT2D eigenvalue weighted by atomic mass is 9.84. The van der Waals surface area contributed by atoms with Gasteiger partial charge in [-0.2, -0.15) is 0 Å². The maximum atomic E-state index is 11.6. The quantitative estimate of drug-likeness (QED) is 0.263. The van der Waals surface area contributed by atoms with Crippen molar-refractivity contribution in [3.8, 4) is 11.5 Å². The molecule has 3 aromatic carbocycles.